The Balaban J connectivity index is 1.56. The van der Waals surface area contributed by atoms with Crippen LogP contribution in [-0.4, -0.2) is 18.0 Å². The van der Waals surface area contributed by atoms with Crippen LogP contribution in [0.3, 0.4) is 0 Å². The van der Waals surface area contributed by atoms with Gasteiger partial charge >= 0.3 is 11.8 Å². The molecule has 3 rings (SSSR count). The highest BCUT2D eigenvalue weighted by atomic mass is 35.5. The van der Waals surface area contributed by atoms with Gasteiger partial charge in [-0.05, 0) is 60.9 Å². The molecule has 0 saturated carbocycles. The molecule has 0 saturated heterocycles. The van der Waals surface area contributed by atoms with Gasteiger partial charge in [-0.3, -0.25) is 9.59 Å². The number of nitrogens with one attached hydrogen (secondary N) is 2. The summed E-state index contributed by atoms with van der Waals surface area (Å²) in [6.45, 7) is 3.95. The molecule has 8 heteroatoms. The average Bonchev–Trinajstić information content (AvgIpc) is 2.76. The third-order valence-electron chi connectivity index (χ3n) is 4.53. The lowest BCUT2D eigenvalue weighted by Crippen LogP contribution is -2.32. The molecule has 0 fully saturated rings. The lowest BCUT2D eigenvalue weighted by Gasteiger charge is -2.10. The number of hydrazone groups is 1. The number of hydrogen-bond acceptors (Lipinski definition) is 4. The van der Waals surface area contributed by atoms with Gasteiger partial charge in [0.2, 0.25) is 0 Å². The number of halogens is 2. The van der Waals surface area contributed by atoms with E-state index in [2.05, 4.69) is 15.8 Å². The zero-order chi connectivity index (χ0) is 23.1. The van der Waals surface area contributed by atoms with Crippen molar-refractivity contribution in [2.24, 2.45) is 5.10 Å². The summed E-state index contributed by atoms with van der Waals surface area (Å²) in [6, 6.07) is 17.9. The summed E-state index contributed by atoms with van der Waals surface area (Å²) < 4.78 is 5.77. The molecular formula is C24H21Cl2N3O3. The van der Waals surface area contributed by atoms with Crippen LogP contribution in [-0.2, 0) is 16.2 Å². The van der Waals surface area contributed by atoms with Gasteiger partial charge in [-0.15, -0.1) is 0 Å². The molecule has 0 aliphatic rings. The van der Waals surface area contributed by atoms with E-state index >= 15 is 0 Å². The van der Waals surface area contributed by atoms with Crippen LogP contribution >= 0.6 is 23.2 Å². The van der Waals surface area contributed by atoms with Gasteiger partial charge in [-0.2, -0.15) is 5.10 Å². The number of nitrogens with zero attached hydrogens (tertiary/aromatic N) is 1. The SMILES string of the molecule is Cc1ccc(C)c(NC(=O)C(=O)NN=Cc2cccc(OCc3c(Cl)cccc3Cl)c2)c1. The molecule has 0 aromatic heterocycles. The summed E-state index contributed by atoms with van der Waals surface area (Å²) >= 11 is 12.3. The number of rotatable bonds is 6. The summed E-state index contributed by atoms with van der Waals surface area (Å²) in [4.78, 5) is 24.1. The molecule has 0 radical (unpaired) electrons. The van der Waals surface area contributed by atoms with E-state index in [4.69, 9.17) is 27.9 Å². The first-order chi connectivity index (χ1) is 15.3. The summed E-state index contributed by atoms with van der Waals surface area (Å²) in [5.74, 6) is -1.10. The maximum absolute atomic E-state index is 12.1. The molecule has 2 amide bonds. The number of hydrogen-bond donors (Lipinski definition) is 2. The fraction of sp³-hybridized carbons (Fsp3) is 0.125. The van der Waals surface area contributed by atoms with E-state index in [0.29, 0.717) is 32.6 Å². The van der Waals surface area contributed by atoms with Crippen molar-refractivity contribution in [3.63, 3.8) is 0 Å². The number of benzene rings is 3. The van der Waals surface area contributed by atoms with Gasteiger partial charge in [0.15, 0.2) is 0 Å². The highest BCUT2D eigenvalue weighted by Gasteiger charge is 2.14. The molecular weight excluding hydrogens is 449 g/mol. The zero-order valence-electron chi connectivity index (χ0n) is 17.5. The lowest BCUT2D eigenvalue weighted by atomic mass is 10.1. The van der Waals surface area contributed by atoms with Crippen molar-refractivity contribution in [1.29, 1.82) is 0 Å². The summed E-state index contributed by atoms with van der Waals surface area (Å²) in [7, 11) is 0. The molecule has 0 spiro atoms. The molecule has 0 heterocycles. The second-order valence-corrected chi connectivity index (χ2v) is 7.85. The number of amides is 2. The van der Waals surface area contributed by atoms with E-state index in [9.17, 15) is 9.59 Å². The van der Waals surface area contributed by atoms with Gasteiger partial charge in [-0.25, -0.2) is 5.43 Å². The molecule has 2 N–H and O–H groups in total. The first-order valence-electron chi connectivity index (χ1n) is 9.71. The number of anilines is 1. The predicted molar refractivity (Wildman–Crippen MR) is 128 cm³/mol. The van der Waals surface area contributed by atoms with Crippen molar-refractivity contribution >= 4 is 46.9 Å². The van der Waals surface area contributed by atoms with Crippen molar-refractivity contribution in [3.8, 4) is 5.75 Å². The molecule has 0 aliphatic carbocycles. The zero-order valence-corrected chi connectivity index (χ0v) is 19.0. The minimum Gasteiger partial charge on any atom is -0.489 e. The minimum atomic E-state index is -0.872. The van der Waals surface area contributed by atoms with Gasteiger partial charge in [0.25, 0.3) is 0 Å². The second kappa shape index (κ2) is 10.8. The van der Waals surface area contributed by atoms with Crippen molar-refractivity contribution in [1.82, 2.24) is 5.43 Å². The maximum atomic E-state index is 12.1. The van der Waals surface area contributed by atoms with E-state index in [1.54, 1.807) is 48.5 Å². The second-order valence-electron chi connectivity index (χ2n) is 7.03. The van der Waals surface area contributed by atoms with E-state index < -0.39 is 11.8 Å². The highest BCUT2D eigenvalue weighted by Crippen LogP contribution is 2.26. The Hall–Kier alpha value is -3.35. The van der Waals surface area contributed by atoms with Gasteiger partial charge in [0, 0.05) is 21.3 Å². The fourth-order valence-electron chi connectivity index (χ4n) is 2.78. The highest BCUT2D eigenvalue weighted by molar-refractivity contribution is 6.39. The molecule has 0 aliphatic heterocycles. The Kier molecular flexibility index (Phi) is 7.87. The molecule has 0 atom stereocenters. The fourth-order valence-corrected chi connectivity index (χ4v) is 3.28. The molecule has 164 valence electrons. The van der Waals surface area contributed by atoms with Gasteiger partial charge in [0.1, 0.15) is 12.4 Å². The summed E-state index contributed by atoms with van der Waals surface area (Å²) in [5.41, 5.74) is 5.99. The molecule has 6 nitrogen and oxygen atoms in total. The number of aryl methyl sites for hydroxylation is 2. The van der Waals surface area contributed by atoms with Crippen molar-refractivity contribution in [3.05, 3.63) is 93.0 Å². The van der Waals surface area contributed by atoms with Crippen LogP contribution in [0.5, 0.6) is 5.75 Å². The average molecular weight is 470 g/mol. The molecule has 0 bridgehead atoms. The Morgan fingerprint density at radius 3 is 2.44 bits per heavy atom. The molecule has 0 unspecified atom stereocenters. The van der Waals surface area contributed by atoms with E-state index in [1.807, 2.05) is 26.0 Å². The Morgan fingerprint density at radius 2 is 1.69 bits per heavy atom. The number of carbonyl (C=O) groups is 2. The van der Waals surface area contributed by atoms with Crippen LogP contribution < -0.4 is 15.5 Å². The van der Waals surface area contributed by atoms with Crippen molar-refractivity contribution < 1.29 is 14.3 Å². The first-order valence-corrected chi connectivity index (χ1v) is 10.5. The lowest BCUT2D eigenvalue weighted by molar-refractivity contribution is -0.136. The number of carbonyl (C=O) groups excluding carboxylic acids is 2. The monoisotopic (exact) mass is 469 g/mol. The van der Waals surface area contributed by atoms with Crippen LogP contribution in [0.2, 0.25) is 10.0 Å². The predicted octanol–water partition coefficient (Wildman–Crippen LogP) is 5.28. The van der Waals surface area contributed by atoms with Crippen LogP contribution in [0.15, 0.2) is 65.8 Å². The van der Waals surface area contributed by atoms with Crippen LogP contribution in [0.4, 0.5) is 5.69 Å². The smallest absolute Gasteiger partial charge is 0.329 e. The van der Waals surface area contributed by atoms with E-state index in [0.717, 1.165) is 11.1 Å². The van der Waals surface area contributed by atoms with Gasteiger partial charge < -0.3 is 10.1 Å². The van der Waals surface area contributed by atoms with Gasteiger partial charge in [-0.1, -0.05) is 53.5 Å². The largest absolute Gasteiger partial charge is 0.489 e. The van der Waals surface area contributed by atoms with Crippen LogP contribution in [0.25, 0.3) is 0 Å². The van der Waals surface area contributed by atoms with Crippen LogP contribution in [0, 0.1) is 13.8 Å². The number of ether oxygens (including phenoxy) is 1. The first kappa shape index (κ1) is 23.3. The van der Waals surface area contributed by atoms with Crippen molar-refractivity contribution in [2.75, 3.05) is 5.32 Å². The normalized spacial score (nSPS) is 10.8. The molecule has 3 aromatic rings. The Bertz CT molecular complexity index is 1160. The summed E-state index contributed by atoms with van der Waals surface area (Å²) in [6.07, 6.45) is 1.42. The third kappa shape index (κ3) is 6.33. The van der Waals surface area contributed by atoms with E-state index in [1.165, 1.54) is 6.21 Å². The standard InChI is InChI=1S/C24H21Cl2N3O3/c1-15-9-10-16(2)22(11-15)28-23(30)24(31)29-27-13-17-5-3-6-18(12-17)32-14-19-20(25)7-4-8-21(19)26/h3-13H,14H2,1-2H3,(H,28,30)(H,29,31). The third-order valence-corrected chi connectivity index (χ3v) is 5.24. The van der Waals surface area contributed by atoms with Crippen molar-refractivity contribution in [2.45, 2.75) is 20.5 Å². The Morgan fingerprint density at radius 1 is 0.969 bits per heavy atom. The topological polar surface area (TPSA) is 79.8 Å². The Labute approximate surface area is 196 Å². The molecule has 3 aromatic carbocycles. The van der Waals surface area contributed by atoms with E-state index in [-0.39, 0.29) is 6.61 Å². The summed E-state index contributed by atoms with van der Waals surface area (Å²) in [5, 5.41) is 7.48. The van der Waals surface area contributed by atoms with Crippen LogP contribution in [0.1, 0.15) is 22.3 Å². The quantitative estimate of drug-likeness (QED) is 0.292. The minimum absolute atomic E-state index is 0.203. The molecule has 32 heavy (non-hydrogen) atoms. The van der Waals surface area contributed by atoms with Gasteiger partial charge in [0.05, 0.1) is 6.21 Å². The maximum Gasteiger partial charge on any atom is 0.329 e.